The zero-order valence-corrected chi connectivity index (χ0v) is 16.5. The second-order valence-electron chi connectivity index (χ2n) is 7.39. The molecule has 0 spiro atoms. The van der Waals surface area contributed by atoms with Crippen molar-refractivity contribution in [3.8, 4) is 5.75 Å². The molecule has 0 bridgehead atoms. The third-order valence-corrected chi connectivity index (χ3v) is 5.18. The van der Waals surface area contributed by atoms with Crippen molar-refractivity contribution in [2.45, 2.75) is 57.7 Å². The Bertz CT molecular complexity index is 785. The third-order valence-electron chi connectivity index (χ3n) is 5.18. The monoisotopic (exact) mass is 426 g/mol. The SMILES string of the molecule is O=C(O)CCCCCCC1C(=O)CCC1/C=C/C(=O)c1ccccc1OC(F)(F)F. The van der Waals surface area contributed by atoms with E-state index in [0.717, 1.165) is 25.3 Å². The molecule has 8 heteroatoms. The van der Waals surface area contributed by atoms with Crippen LogP contribution in [0.3, 0.4) is 0 Å². The number of ketones is 2. The average Bonchev–Trinajstić information content (AvgIpc) is 3.01. The Kier molecular flexibility index (Phi) is 8.62. The number of halogens is 3. The van der Waals surface area contributed by atoms with Crippen LogP contribution in [0.2, 0.25) is 0 Å². The molecule has 1 N–H and O–H groups in total. The average molecular weight is 426 g/mol. The van der Waals surface area contributed by atoms with Gasteiger partial charge in [0, 0.05) is 18.8 Å². The maximum atomic E-state index is 12.5. The molecular weight excluding hydrogens is 401 g/mol. The van der Waals surface area contributed by atoms with Crippen LogP contribution >= 0.6 is 0 Å². The highest BCUT2D eigenvalue weighted by molar-refractivity contribution is 6.06. The molecule has 0 aromatic heterocycles. The van der Waals surface area contributed by atoms with Crippen molar-refractivity contribution in [3.05, 3.63) is 42.0 Å². The number of carboxylic acids is 1. The molecule has 164 valence electrons. The first-order valence-corrected chi connectivity index (χ1v) is 9.99. The van der Waals surface area contributed by atoms with Crippen molar-refractivity contribution in [2.24, 2.45) is 11.8 Å². The van der Waals surface area contributed by atoms with Crippen LogP contribution in [0.5, 0.6) is 5.75 Å². The Morgan fingerprint density at radius 2 is 1.83 bits per heavy atom. The zero-order valence-electron chi connectivity index (χ0n) is 16.5. The van der Waals surface area contributed by atoms with Crippen molar-refractivity contribution in [3.63, 3.8) is 0 Å². The van der Waals surface area contributed by atoms with E-state index in [0.29, 0.717) is 25.7 Å². The van der Waals surface area contributed by atoms with Crippen molar-refractivity contribution in [1.82, 2.24) is 0 Å². The van der Waals surface area contributed by atoms with Gasteiger partial charge in [0.15, 0.2) is 5.78 Å². The minimum Gasteiger partial charge on any atom is -0.481 e. The number of hydrogen-bond donors (Lipinski definition) is 1. The van der Waals surface area contributed by atoms with E-state index in [9.17, 15) is 27.6 Å². The molecule has 1 aliphatic carbocycles. The number of allylic oxidation sites excluding steroid dienone is 2. The Balaban J connectivity index is 1.93. The van der Waals surface area contributed by atoms with E-state index in [-0.39, 0.29) is 29.6 Å². The van der Waals surface area contributed by atoms with Crippen LogP contribution in [0.25, 0.3) is 0 Å². The molecular formula is C22H25F3O5. The summed E-state index contributed by atoms with van der Waals surface area (Å²) in [7, 11) is 0. The van der Waals surface area contributed by atoms with Gasteiger partial charge >= 0.3 is 12.3 Å². The highest BCUT2D eigenvalue weighted by Crippen LogP contribution is 2.34. The minimum absolute atomic E-state index is 0.128. The predicted molar refractivity (Wildman–Crippen MR) is 103 cm³/mol. The van der Waals surface area contributed by atoms with Crippen LogP contribution in [-0.2, 0) is 9.59 Å². The topological polar surface area (TPSA) is 80.7 Å². The number of carbonyl (C=O) groups excluding carboxylic acids is 2. The summed E-state index contributed by atoms with van der Waals surface area (Å²) < 4.78 is 41.5. The molecule has 2 rings (SSSR count). The molecule has 1 aliphatic rings. The lowest BCUT2D eigenvalue weighted by Crippen LogP contribution is -2.19. The van der Waals surface area contributed by atoms with Gasteiger partial charge in [-0.1, -0.05) is 37.5 Å². The molecule has 5 nitrogen and oxygen atoms in total. The van der Waals surface area contributed by atoms with Crippen molar-refractivity contribution in [1.29, 1.82) is 0 Å². The number of alkyl halides is 3. The summed E-state index contributed by atoms with van der Waals surface area (Å²) in [5, 5.41) is 8.63. The molecule has 30 heavy (non-hydrogen) atoms. The van der Waals surface area contributed by atoms with Crippen LogP contribution in [0.1, 0.15) is 61.7 Å². The largest absolute Gasteiger partial charge is 0.573 e. The number of carbonyl (C=O) groups is 3. The molecule has 2 unspecified atom stereocenters. The number of ether oxygens (including phenoxy) is 1. The van der Waals surface area contributed by atoms with Gasteiger partial charge < -0.3 is 9.84 Å². The first-order valence-electron chi connectivity index (χ1n) is 9.99. The third kappa shape index (κ3) is 7.65. The molecule has 0 heterocycles. The highest BCUT2D eigenvalue weighted by Gasteiger charge is 2.34. The van der Waals surface area contributed by atoms with Crippen molar-refractivity contribution in [2.75, 3.05) is 0 Å². The first-order chi connectivity index (χ1) is 14.2. The van der Waals surface area contributed by atoms with Gasteiger partial charge in [-0.25, -0.2) is 0 Å². The van der Waals surface area contributed by atoms with Gasteiger partial charge in [-0.15, -0.1) is 13.2 Å². The lowest BCUT2D eigenvalue weighted by Gasteiger charge is -2.15. The van der Waals surface area contributed by atoms with Gasteiger partial charge in [0.05, 0.1) is 5.56 Å². The van der Waals surface area contributed by atoms with E-state index in [4.69, 9.17) is 5.11 Å². The summed E-state index contributed by atoms with van der Waals surface area (Å²) >= 11 is 0. The molecule has 0 saturated heterocycles. The van der Waals surface area contributed by atoms with Gasteiger partial charge in [-0.05, 0) is 43.4 Å². The Labute approximate surface area is 172 Å². The molecule has 0 radical (unpaired) electrons. The number of Topliss-reactive ketones (excluding diaryl/α,β-unsaturated/α-hetero) is 1. The Morgan fingerprint density at radius 3 is 2.53 bits per heavy atom. The lowest BCUT2D eigenvalue weighted by atomic mass is 9.89. The predicted octanol–water partition coefficient (Wildman–Crippen LogP) is 5.34. The van der Waals surface area contributed by atoms with Crippen LogP contribution in [0.4, 0.5) is 13.2 Å². The van der Waals surface area contributed by atoms with E-state index in [2.05, 4.69) is 4.74 Å². The normalized spacial score (nSPS) is 19.4. The van der Waals surface area contributed by atoms with E-state index in [1.54, 1.807) is 6.08 Å². The zero-order chi connectivity index (χ0) is 22.1. The second-order valence-corrected chi connectivity index (χ2v) is 7.39. The summed E-state index contributed by atoms with van der Waals surface area (Å²) in [5.41, 5.74) is -0.189. The van der Waals surface area contributed by atoms with E-state index >= 15 is 0 Å². The number of rotatable bonds is 11. The minimum atomic E-state index is -4.90. The molecule has 2 atom stereocenters. The summed E-state index contributed by atoms with van der Waals surface area (Å²) in [6.07, 6.45) is 2.76. The number of aliphatic carboxylic acids is 1. The number of hydrogen-bond acceptors (Lipinski definition) is 4. The summed E-state index contributed by atoms with van der Waals surface area (Å²) in [5.74, 6) is -2.20. The highest BCUT2D eigenvalue weighted by atomic mass is 19.4. The maximum absolute atomic E-state index is 12.5. The number of carboxylic acid groups (broad SMARTS) is 1. The molecule has 0 amide bonds. The Hall–Kier alpha value is -2.64. The van der Waals surface area contributed by atoms with Crippen molar-refractivity contribution >= 4 is 17.5 Å². The van der Waals surface area contributed by atoms with Gasteiger partial charge in [-0.2, -0.15) is 0 Å². The van der Waals surface area contributed by atoms with Crippen LogP contribution in [0.15, 0.2) is 36.4 Å². The quantitative estimate of drug-likeness (QED) is 0.293. The maximum Gasteiger partial charge on any atom is 0.573 e. The molecule has 1 aromatic carbocycles. The lowest BCUT2D eigenvalue weighted by molar-refractivity contribution is -0.274. The molecule has 1 saturated carbocycles. The smallest absolute Gasteiger partial charge is 0.481 e. The number of benzene rings is 1. The fourth-order valence-corrected chi connectivity index (χ4v) is 3.72. The van der Waals surface area contributed by atoms with Crippen molar-refractivity contribution < 1.29 is 37.4 Å². The Morgan fingerprint density at radius 1 is 1.13 bits per heavy atom. The van der Waals surface area contributed by atoms with Crippen LogP contribution < -0.4 is 4.74 Å². The van der Waals surface area contributed by atoms with E-state index in [1.807, 2.05) is 0 Å². The van der Waals surface area contributed by atoms with Gasteiger partial charge in [0.2, 0.25) is 0 Å². The summed E-state index contributed by atoms with van der Waals surface area (Å²) in [4.78, 5) is 35.1. The van der Waals surface area contributed by atoms with E-state index < -0.39 is 23.9 Å². The fraction of sp³-hybridized carbons (Fsp3) is 0.500. The molecule has 0 aliphatic heterocycles. The fourth-order valence-electron chi connectivity index (χ4n) is 3.72. The molecule has 1 fully saturated rings. The standard InChI is InChI=1S/C22H25F3O5/c23-22(24,25)30-20-9-6-5-8-17(20)19(27)14-12-15-11-13-18(26)16(15)7-3-1-2-4-10-21(28)29/h5-6,8-9,12,14-16H,1-4,7,10-11,13H2,(H,28,29)/b14-12+. The summed E-state index contributed by atoms with van der Waals surface area (Å²) in [6, 6.07) is 5.16. The van der Waals surface area contributed by atoms with Crippen LogP contribution in [-0.4, -0.2) is 29.0 Å². The van der Waals surface area contributed by atoms with E-state index in [1.165, 1.54) is 24.3 Å². The van der Waals surface area contributed by atoms with Gasteiger partial charge in [-0.3, -0.25) is 14.4 Å². The van der Waals surface area contributed by atoms with Crippen LogP contribution in [0, 0.1) is 11.8 Å². The second kappa shape index (κ2) is 10.9. The number of unbranched alkanes of at least 4 members (excludes halogenated alkanes) is 3. The van der Waals surface area contributed by atoms with Gasteiger partial charge in [0.1, 0.15) is 11.5 Å². The van der Waals surface area contributed by atoms with Gasteiger partial charge in [0.25, 0.3) is 0 Å². The first kappa shape index (κ1) is 23.6. The molecule has 1 aromatic rings. The number of para-hydroxylation sites is 1. The summed E-state index contributed by atoms with van der Waals surface area (Å²) in [6.45, 7) is 0.